The van der Waals surface area contributed by atoms with Gasteiger partial charge in [-0.15, -0.1) is 0 Å². The molecule has 1 fully saturated rings. The standard InChI is InChI=1S/C13H17NO3/c1-14(17-3)13(15)11-8-10(11)9-6-4-5-7-12(9)16-2/h4-7,10-11H,8H2,1-3H3. The van der Waals surface area contributed by atoms with Gasteiger partial charge in [0.2, 0.25) is 5.91 Å². The van der Waals surface area contributed by atoms with Crippen molar-refractivity contribution in [2.45, 2.75) is 12.3 Å². The summed E-state index contributed by atoms with van der Waals surface area (Å²) in [5, 5.41) is 1.29. The summed E-state index contributed by atoms with van der Waals surface area (Å²) in [6.45, 7) is 0. The Hall–Kier alpha value is -1.55. The molecule has 0 N–H and O–H groups in total. The number of para-hydroxylation sites is 1. The smallest absolute Gasteiger partial charge is 0.249 e. The maximum atomic E-state index is 11.9. The summed E-state index contributed by atoms with van der Waals surface area (Å²) in [6, 6.07) is 7.85. The molecule has 1 amide bonds. The molecule has 2 atom stereocenters. The highest BCUT2D eigenvalue weighted by Gasteiger charge is 2.46. The number of hydrogen-bond donors (Lipinski definition) is 0. The Kier molecular flexibility index (Phi) is 3.33. The second-order valence-electron chi connectivity index (χ2n) is 4.21. The number of hydroxylamine groups is 2. The Morgan fingerprint density at radius 1 is 1.35 bits per heavy atom. The molecule has 2 rings (SSSR count). The van der Waals surface area contributed by atoms with Crippen LogP contribution in [0.3, 0.4) is 0 Å². The number of rotatable bonds is 4. The first kappa shape index (κ1) is 11.9. The summed E-state index contributed by atoms with van der Waals surface area (Å²) >= 11 is 0. The van der Waals surface area contributed by atoms with E-state index in [-0.39, 0.29) is 17.7 Å². The van der Waals surface area contributed by atoms with Gasteiger partial charge in [-0.05, 0) is 24.0 Å². The van der Waals surface area contributed by atoms with Crippen molar-refractivity contribution in [3.63, 3.8) is 0 Å². The lowest BCUT2D eigenvalue weighted by atomic mass is 10.1. The largest absolute Gasteiger partial charge is 0.496 e. The van der Waals surface area contributed by atoms with E-state index in [4.69, 9.17) is 9.57 Å². The zero-order valence-corrected chi connectivity index (χ0v) is 10.3. The van der Waals surface area contributed by atoms with E-state index in [9.17, 15) is 4.79 Å². The van der Waals surface area contributed by atoms with Gasteiger partial charge in [-0.3, -0.25) is 9.63 Å². The summed E-state index contributed by atoms with van der Waals surface area (Å²) in [5.41, 5.74) is 1.11. The molecule has 0 spiro atoms. The van der Waals surface area contributed by atoms with Gasteiger partial charge in [0.05, 0.1) is 14.2 Å². The van der Waals surface area contributed by atoms with Crippen molar-refractivity contribution < 1.29 is 14.4 Å². The number of hydrogen-bond acceptors (Lipinski definition) is 3. The van der Waals surface area contributed by atoms with Crippen LogP contribution in [0.25, 0.3) is 0 Å². The molecule has 1 aromatic rings. The van der Waals surface area contributed by atoms with E-state index in [2.05, 4.69) is 0 Å². The molecule has 1 aliphatic carbocycles. The van der Waals surface area contributed by atoms with Crippen LogP contribution in [0, 0.1) is 5.92 Å². The Balaban J connectivity index is 2.10. The minimum Gasteiger partial charge on any atom is -0.496 e. The quantitative estimate of drug-likeness (QED) is 0.747. The first-order valence-electron chi connectivity index (χ1n) is 5.63. The lowest BCUT2D eigenvalue weighted by Gasteiger charge is -2.13. The summed E-state index contributed by atoms with van der Waals surface area (Å²) in [6.07, 6.45) is 0.868. The molecule has 0 heterocycles. The van der Waals surface area contributed by atoms with Crippen LogP contribution in [0.4, 0.5) is 0 Å². The van der Waals surface area contributed by atoms with E-state index in [1.54, 1.807) is 14.2 Å². The predicted octanol–water partition coefficient (Wildman–Crippen LogP) is 1.82. The Morgan fingerprint density at radius 2 is 2.06 bits per heavy atom. The molecule has 0 aliphatic heterocycles. The van der Waals surface area contributed by atoms with Crippen LogP contribution in [0.5, 0.6) is 5.75 Å². The Morgan fingerprint density at radius 3 is 2.71 bits per heavy atom. The lowest BCUT2D eigenvalue weighted by Crippen LogP contribution is -2.27. The highest BCUT2D eigenvalue weighted by Crippen LogP contribution is 2.51. The van der Waals surface area contributed by atoms with Crippen LogP contribution in [0.1, 0.15) is 17.9 Å². The molecule has 1 aromatic carbocycles. The molecule has 92 valence electrons. The van der Waals surface area contributed by atoms with Gasteiger partial charge in [0.25, 0.3) is 0 Å². The number of methoxy groups -OCH3 is 1. The fraction of sp³-hybridized carbons (Fsp3) is 0.462. The molecule has 4 heteroatoms. The topological polar surface area (TPSA) is 38.8 Å². The molecular weight excluding hydrogens is 218 g/mol. The number of amides is 1. The summed E-state index contributed by atoms with van der Waals surface area (Å²) in [4.78, 5) is 16.8. The van der Waals surface area contributed by atoms with Crippen molar-refractivity contribution in [3.8, 4) is 5.75 Å². The maximum Gasteiger partial charge on any atom is 0.249 e. The number of carbonyl (C=O) groups is 1. The van der Waals surface area contributed by atoms with E-state index < -0.39 is 0 Å². The van der Waals surface area contributed by atoms with Gasteiger partial charge < -0.3 is 4.74 Å². The average Bonchev–Trinajstić information content (AvgIpc) is 3.17. The highest BCUT2D eigenvalue weighted by atomic mass is 16.7. The third kappa shape index (κ3) is 2.26. The van der Waals surface area contributed by atoms with Gasteiger partial charge in [0, 0.05) is 13.0 Å². The molecule has 0 bridgehead atoms. The van der Waals surface area contributed by atoms with Crippen LogP contribution in [0.2, 0.25) is 0 Å². The van der Waals surface area contributed by atoms with E-state index in [0.717, 1.165) is 17.7 Å². The minimum atomic E-state index is 0.0243. The van der Waals surface area contributed by atoms with Gasteiger partial charge in [0.1, 0.15) is 5.75 Å². The van der Waals surface area contributed by atoms with Crippen LogP contribution >= 0.6 is 0 Å². The maximum absolute atomic E-state index is 11.9. The number of carbonyl (C=O) groups excluding carboxylic acids is 1. The molecule has 1 aliphatic rings. The van der Waals surface area contributed by atoms with Crippen molar-refractivity contribution in [1.82, 2.24) is 5.06 Å². The van der Waals surface area contributed by atoms with Crippen molar-refractivity contribution in [3.05, 3.63) is 29.8 Å². The molecule has 4 nitrogen and oxygen atoms in total. The minimum absolute atomic E-state index is 0.0243. The molecule has 0 radical (unpaired) electrons. The predicted molar refractivity (Wildman–Crippen MR) is 63.6 cm³/mol. The van der Waals surface area contributed by atoms with Crippen molar-refractivity contribution in [1.29, 1.82) is 0 Å². The van der Waals surface area contributed by atoms with E-state index in [1.807, 2.05) is 24.3 Å². The van der Waals surface area contributed by atoms with Crippen LogP contribution in [-0.4, -0.2) is 32.2 Å². The second kappa shape index (κ2) is 4.75. The first-order valence-corrected chi connectivity index (χ1v) is 5.63. The van der Waals surface area contributed by atoms with Gasteiger partial charge in [-0.1, -0.05) is 18.2 Å². The molecule has 2 unspecified atom stereocenters. The zero-order valence-electron chi connectivity index (χ0n) is 10.3. The van der Waals surface area contributed by atoms with Gasteiger partial charge >= 0.3 is 0 Å². The Labute approximate surface area is 101 Å². The molecule has 0 saturated heterocycles. The normalized spacial score (nSPS) is 22.1. The van der Waals surface area contributed by atoms with E-state index >= 15 is 0 Å². The molecule has 17 heavy (non-hydrogen) atoms. The fourth-order valence-electron chi connectivity index (χ4n) is 2.11. The third-order valence-corrected chi connectivity index (χ3v) is 3.23. The van der Waals surface area contributed by atoms with E-state index in [0.29, 0.717) is 0 Å². The monoisotopic (exact) mass is 235 g/mol. The lowest BCUT2D eigenvalue weighted by molar-refractivity contribution is -0.170. The SMILES string of the molecule is COc1ccccc1C1CC1C(=O)N(C)OC. The van der Waals surface area contributed by atoms with Crippen LogP contribution in [-0.2, 0) is 9.63 Å². The number of benzene rings is 1. The van der Waals surface area contributed by atoms with Crippen molar-refractivity contribution in [2.75, 3.05) is 21.3 Å². The third-order valence-electron chi connectivity index (χ3n) is 3.23. The number of ether oxygens (including phenoxy) is 1. The van der Waals surface area contributed by atoms with Gasteiger partial charge in [-0.25, -0.2) is 5.06 Å². The van der Waals surface area contributed by atoms with Crippen LogP contribution < -0.4 is 4.74 Å². The number of nitrogens with zero attached hydrogens (tertiary/aromatic N) is 1. The van der Waals surface area contributed by atoms with Crippen molar-refractivity contribution in [2.24, 2.45) is 5.92 Å². The first-order chi connectivity index (χ1) is 8.19. The van der Waals surface area contributed by atoms with E-state index in [1.165, 1.54) is 12.2 Å². The van der Waals surface area contributed by atoms with Gasteiger partial charge in [0.15, 0.2) is 0 Å². The summed E-state index contributed by atoms with van der Waals surface area (Å²) in [7, 11) is 4.79. The Bertz CT molecular complexity index is 419. The molecular formula is C13H17NO3. The highest BCUT2D eigenvalue weighted by molar-refractivity contribution is 5.82. The van der Waals surface area contributed by atoms with Gasteiger partial charge in [-0.2, -0.15) is 0 Å². The summed E-state index contributed by atoms with van der Waals surface area (Å²) in [5.74, 6) is 1.17. The molecule has 1 saturated carbocycles. The van der Waals surface area contributed by atoms with Crippen molar-refractivity contribution >= 4 is 5.91 Å². The summed E-state index contributed by atoms with van der Waals surface area (Å²) < 4.78 is 5.31. The molecule has 0 aromatic heterocycles. The van der Waals surface area contributed by atoms with Crippen LogP contribution in [0.15, 0.2) is 24.3 Å². The average molecular weight is 235 g/mol. The fourth-order valence-corrected chi connectivity index (χ4v) is 2.11. The zero-order chi connectivity index (χ0) is 12.4. The second-order valence-corrected chi connectivity index (χ2v) is 4.21.